The van der Waals surface area contributed by atoms with Crippen molar-refractivity contribution >= 4 is 11.4 Å². The number of nitrogen functional groups attached to an aromatic ring is 1. The standard InChI is InChI=1S/C14H24N2O/c1-14(2,3)12-7-6-11(10-13(12)15)16(4)8-9-17-5/h6-7,10H,8-9,15H2,1-5H3. The van der Waals surface area contributed by atoms with Crippen molar-refractivity contribution in [2.24, 2.45) is 0 Å². The average Bonchev–Trinajstić information content (AvgIpc) is 2.23. The lowest BCUT2D eigenvalue weighted by Gasteiger charge is -2.24. The van der Waals surface area contributed by atoms with E-state index in [1.165, 1.54) is 5.56 Å². The highest BCUT2D eigenvalue weighted by atomic mass is 16.5. The van der Waals surface area contributed by atoms with Crippen molar-refractivity contribution in [1.29, 1.82) is 0 Å². The summed E-state index contributed by atoms with van der Waals surface area (Å²) in [6, 6.07) is 6.27. The Morgan fingerprint density at radius 2 is 1.94 bits per heavy atom. The Bertz CT molecular complexity index is 369. The summed E-state index contributed by atoms with van der Waals surface area (Å²) >= 11 is 0. The normalized spacial score (nSPS) is 11.6. The number of nitrogens with zero attached hydrogens (tertiary/aromatic N) is 1. The Balaban J connectivity index is 2.89. The van der Waals surface area contributed by atoms with E-state index >= 15 is 0 Å². The predicted octanol–water partition coefficient (Wildman–Crippen LogP) is 2.65. The third-order valence-corrected chi connectivity index (χ3v) is 2.91. The van der Waals surface area contributed by atoms with Crippen LogP contribution in [0.2, 0.25) is 0 Å². The SMILES string of the molecule is COCCN(C)c1ccc(C(C)(C)C)c(N)c1. The summed E-state index contributed by atoms with van der Waals surface area (Å²) in [5.74, 6) is 0. The number of rotatable bonds is 4. The fraction of sp³-hybridized carbons (Fsp3) is 0.571. The summed E-state index contributed by atoms with van der Waals surface area (Å²) in [5.41, 5.74) is 9.40. The second kappa shape index (κ2) is 5.41. The molecule has 0 aliphatic carbocycles. The van der Waals surface area contributed by atoms with E-state index in [0.29, 0.717) is 0 Å². The minimum Gasteiger partial charge on any atom is -0.398 e. The van der Waals surface area contributed by atoms with Crippen LogP contribution in [0.1, 0.15) is 26.3 Å². The maximum absolute atomic E-state index is 6.12. The molecule has 0 saturated carbocycles. The minimum absolute atomic E-state index is 0.0910. The number of likely N-dealkylation sites (N-methyl/N-ethyl adjacent to an activating group) is 1. The van der Waals surface area contributed by atoms with E-state index in [0.717, 1.165) is 24.5 Å². The summed E-state index contributed by atoms with van der Waals surface area (Å²) in [6.07, 6.45) is 0. The van der Waals surface area contributed by atoms with Crippen LogP contribution in [0.4, 0.5) is 11.4 Å². The van der Waals surface area contributed by atoms with E-state index in [-0.39, 0.29) is 5.41 Å². The van der Waals surface area contributed by atoms with Crippen LogP contribution in [0.5, 0.6) is 0 Å². The Kier molecular flexibility index (Phi) is 4.40. The molecule has 0 spiro atoms. The molecule has 0 fully saturated rings. The van der Waals surface area contributed by atoms with Crippen LogP contribution in [0.3, 0.4) is 0 Å². The van der Waals surface area contributed by atoms with Crippen molar-refractivity contribution in [3.8, 4) is 0 Å². The highest BCUT2D eigenvalue weighted by Crippen LogP contribution is 2.30. The number of methoxy groups -OCH3 is 1. The maximum atomic E-state index is 6.12. The van der Waals surface area contributed by atoms with Gasteiger partial charge in [-0.15, -0.1) is 0 Å². The monoisotopic (exact) mass is 236 g/mol. The van der Waals surface area contributed by atoms with E-state index in [1.807, 2.05) is 13.1 Å². The van der Waals surface area contributed by atoms with Gasteiger partial charge in [-0.1, -0.05) is 26.8 Å². The number of hydrogen-bond donors (Lipinski definition) is 1. The van der Waals surface area contributed by atoms with Gasteiger partial charge in [0.1, 0.15) is 0 Å². The summed E-state index contributed by atoms with van der Waals surface area (Å²) < 4.78 is 5.07. The van der Waals surface area contributed by atoms with Gasteiger partial charge in [-0.3, -0.25) is 0 Å². The molecule has 0 unspecified atom stereocenters. The van der Waals surface area contributed by atoms with Crippen LogP contribution in [0.25, 0.3) is 0 Å². The molecule has 17 heavy (non-hydrogen) atoms. The van der Waals surface area contributed by atoms with Gasteiger partial charge in [0.25, 0.3) is 0 Å². The molecule has 0 bridgehead atoms. The van der Waals surface area contributed by atoms with Gasteiger partial charge in [0.15, 0.2) is 0 Å². The van der Waals surface area contributed by atoms with Crippen molar-refractivity contribution in [3.05, 3.63) is 23.8 Å². The first kappa shape index (κ1) is 13.8. The Morgan fingerprint density at radius 1 is 1.29 bits per heavy atom. The first-order valence-electron chi connectivity index (χ1n) is 5.96. The summed E-state index contributed by atoms with van der Waals surface area (Å²) in [5, 5.41) is 0. The van der Waals surface area contributed by atoms with E-state index in [1.54, 1.807) is 7.11 Å². The zero-order valence-corrected chi connectivity index (χ0v) is 11.6. The van der Waals surface area contributed by atoms with Gasteiger partial charge in [0, 0.05) is 32.1 Å². The van der Waals surface area contributed by atoms with E-state index in [2.05, 4.69) is 37.8 Å². The molecule has 0 saturated heterocycles. The fourth-order valence-electron chi connectivity index (χ4n) is 1.83. The summed E-state index contributed by atoms with van der Waals surface area (Å²) in [6.45, 7) is 8.11. The van der Waals surface area contributed by atoms with Gasteiger partial charge >= 0.3 is 0 Å². The molecular weight excluding hydrogens is 212 g/mol. The van der Waals surface area contributed by atoms with Gasteiger partial charge in [-0.05, 0) is 23.1 Å². The quantitative estimate of drug-likeness (QED) is 0.817. The highest BCUT2D eigenvalue weighted by molar-refractivity contribution is 5.61. The minimum atomic E-state index is 0.0910. The molecule has 0 radical (unpaired) electrons. The van der Waals surface area contributed by atoms with E-state index in [9.17, 15) is 0 Å². The molecule has 1 rings (SSSR count). The third kappa shape index (κ3) is 3.63. The van der Waals surface area contributed by atoms with E-state index < -0.39 is 0 Å². The maximum Gasteiger partial charge on any atom is 0.0637 e. The Morgan fingerprint density at radius 3 is 2.41 bits per heavy atom. The molecule has 0 heterocycles. The number of nitrogens with two attached hydrogens (primary N) is 1. The lowest BCUT2D eigenvalue weighted by atomic mass is 9.86. The molecular formula is C14H24N2O. The molecule has 96 valence electrons. The number of anilines is 2. The van der Waals surface area contributed by atoms with Crippen molar-refractivity contribution in [2.45, 2.75) is 26.2 Å². The van der Waals surface area contributed by atoms with Crippen LogP contribution >= 0.6 is 0 Å². The predicted molar refractivity (Wildman–Crippen MR) is 74.7 cm³/mol. The van der Waals surface area contributed by atoms with Crippen LogP contribution < -0.4 is 10.6 Å². The van der Waals surface area contributed by atoms with Crippen molar-refractivity contribution in [3.63, 3.8) is 0 Å². The smallest absolute Gasteiger partial charge is 0.0637 e. The zero-order valence-electron chi connectivity index (χ0n) is 11.6. The topological polar surface area (TPSA) is 38.5 Å². The lowest BCUT2D eigenvalue weighted by Crippen LogP contribution is -2.22. The molecule has 0 aromatic heterocycles. The largest absolute Gasteiger partial charge is 0.398 e. The second-order valence-electron chi connectivity index (χ2n) is 5.44. The van der Waals surface area contributed by atoms with Gasteiger partial charge < -0.3 is 15.4 Å². The van der Waals surface area contributed by atoms with Gasteiger partial charge in [-0.2, -0.15) is 0 Å². The molecule has 3 nitrogen and oxygen atoms in total. The number of benzene rings is 1. The molecule has 0 amide bonds. The zero-order chi connectivity index (χ0) is 13.1. The Hall–Kier alpha value is -1.22. The van der Waals surface area contributed by atoms with Gasteiger partial charge in [0.2, 0.25) is 0 Å². The van der Waals surface area contributed by atoms with Crippen LogP contribution in [-0.2, 0) is 10.2 Å². The molecule has 0 aliphatic heterocycles. The second-order valence-corrected chi connectivity index (χ2v) is 5.44. The van der Waals surface area contributed by atoms with Crippen molar-refractivity contribution in [1.82, 2.24) is 0 Å². The first-order valence-corrected chi connectivity index (χ1v) is 5.96. The van der Waals surface area contributed by atoms with Crippen molar-refractivity contribution in [2.75, 3.05) is 37.9 Å². The lowest BCUT2D eigenvalue weighted by molar-refractivity contribution is 0.206. The first-order chi connectivity index (χ1) is 7.86. The summed E-state index contributed by atoms with van der Waals surface area (Å²) in [7, 11) is 3.76. The number of ether oxygens (including phenoxy) is 1. The third-order valence-electron chi connectivity index (χ3n) is 2.91. The fourth-order valence-corrected chi connectivity index (χ4v) is 1.83. The van der Waals surface area contributed by atoms with Crippen LogP contribution in [-0.4, -0.2) is 27.3 Å². The molecule has 3 heteroatoms. The molecule has 0 aliphatic rings. The number of hydrogen-bond acceptors (Lipinski definition) is 3. The van der Waals surface area contributed by atoms with Crippen LogP contribution in [0.15, 0.2) is 18.2 Å². The highest BCUT2D eigenvalue weighted by Gasteiger charge is 2.17. The van der Waals surface area contributed by atoms with Gasteiger partial charge in [0.05, 0.1) is 6.61 Å². The van der Waals surface area contributed by atoms with Gasteiger partial charge in [-0.25, -0.2) is 0 Å². The molecule has 0 atom stereocenters. The average molecular weight is 236 g/mol. The summed E-state index contributed by atoms with van der Waals surface area (Å²) in [4.78, 5) is 2.15. The molecule has 2 N–H and O–H groups in total. The molecule has 1 aromatic carbocycles. The van der Waals surface area contributed by atoms with Crippen molar-refractivity contribution < 1.29 is 4.74 Å². The molecule has 1 aromatic rings. The Labute approximate surface area is 105 Å². The van der Waals surface area contributed by atoms with Crippen LogP contribution in [0, 0.1) is 0 Å². The van der Waals surface area contributed by atoms with E-state index in [4.69, 9.17) is 10.5 Å².